The lowest BCUT2D eigenvalue weighted by Gasteiger charge is -2.27. The minimum Gasteiger partial charge on any atom is -0.490 e. The summed E-state index contributed by atoms with van der Waals surface area (Å²) in [7, 11) is 0. The predicted octanol–water partition coefficient (Wildman–Crippen LogP) is 5.85. The summed E-state index contributed by atoms with van der Waals surface area (Å²) in [6, 6.07) is 6.23. The number of ether oxygens (including phenoxy) is 2. The number of benzene rings is 2. The molecule has 14 heteroatoms. The van der Waals surface area contributed by atoms with E-state index in [0.717, 1.165) is 30.2 Å². The number of halogens is 3. The maximum atomic E-state index is 13.0. The van der Waals surface area contributed by atoms with Crippen molar-refractivity contribution in [2.75, 3.05) is 26.2 Å². The summed E-state index contributed by atoms with van der Waals surface area (Å²) in [5.41, 5.74) is -1.65. The lowest BCUT2D eigenvalue weighted by molar-refractivity contribution is -0.385. The van der Waals surface area contributed by atoms with Crippen molar-refractivity contribution in [1.82, 2.24) is 9.80 Å². The molecule has 4 rings (SSSR count). The van der Waals surface area contributed by atoms with E-state index in [-0.39, 0.29) is 35.5 Å². The third-order valence-electron chi connectivity index (χ3n) is 6.14. The van der Waals surface area contributed by atoms with E-state index in [9.17, 15) is 37.7 Å². The number of hydrogen-bond acceptors (Lipinski definition) is 8. The van der Waals surface area contributed by atoms with Crippen molar-refractivity contribution in [2.45, 2.75) is 32.4 Å². The number of likely N-dealkylation sites (tertiary alicyclic amines) is 1. The summed E-state index contributed by atoms with van der Waals surface area (Å²) >= 11 is 0.689. The zero-order valence-corrected chi connectivity index (χ0v) is 22.0. The van der Waals surface area contributed by atoms with Gasteiger partial charge in [-0.1, -0.05) is 6.07 Å². The highest BCUT2D eigenvalue weighted by molar-refractivity contribution is 8.18. The van der Waals surface area contributed by atoms with E-state index in [1.807, 2.05) is 0 Å². The number of amides is 3. The predicted molar refractivity (Wildman–Crippen MR) is 139 cm³/mol. The Labute approximate surface area is 230 Å². The minimum atomic E-state index is -4.78. The molecule has 2 fully saturated rings. The number of piperidine rings is 1. The summed E-state index contributed by atoms with van der Waals surface area (Å²) < 4.78 is 50.2. The number of alkyl halides is 3. The highest BCUT2D eigenvalue weighted by Gasteiger charge is 2.37. The van der Waals surface area contributed by atoms with E-state index in [0.29, 0.717) is 42.5 Å². The Hall–Kier alpha value is -4.07. The third kappa shape index (κ3) is 6.55. The fraction of sp³-hybridized carbons (Fsp3) is 0.346. The average molecular weight is 580 g/mol. The van der Waals surface area contributed by atoms with Crippen molar-refractivity contribution in [3.8, 4) is 17.2 Å². The second-order valence-corrected chi connectivity index (χ2v) is 9.88. The van der Waals surface area contributed by atoms with E-state index >= 15 is 0 Å². The first-order valence-corrected chi connectivity index (χ1v) is 13.1. The molecule has 2 aromatic carbocycles. The molecule has 0 atom stereocenters. The number of nitro benzene ring substituents is 1. The van der Waals surface area contributed by atoms with Crippen LogP contribution >= 0.6 is 11.8 Å². The normalized spacial score (nSPS) is 16.9. The van der Waals surface area contributed by atoms with Gasteiger partial charge in [-0.25, -0.2) is 0 Å². The molecule has 0 aliphatic carbocycles. The molecule has 2 heterocycles. The van der Waals surface area contributed by atoms with Gasteiger partial charge in [-0.2, -0.15) is 13.2 Å². The number of imide groups is 1. The van der Waals surface area contributed by atoms with Gasteiger partial charge in [0.2, 0.25) is 11.7 Å². The molecule has 0 N–H and O–H groups in total. The smallest absolute Gasteiger partial charge is 0.416 e. The molecule has 212 valence electrons. The fourth-order valence-corrected chi connectivity index (χ4v) is 5.01. The summed E-state index contributed by atoms with van der Waals surface area (Å²) in [4.78, 5) is 51.0. The number of thioether (sulfide) groups is 1. The minimum absolute atomic E-state index is 0.0120. The van der Waals surface area contributed by atoms with Crippen molar-refractivity contribution in [3.63, 3.8) is 0 Å². The van der Waals surface area contributed by atoms with Gasteiger partial charge in [-0.3, -0.25) is 29.4 Å². The first-order chi connectivity index (χ1) is 19.0. The molecule has 2 aromatic rings. The number of nitro groups is 1. The number of rotatable bonds is 8. The standard InChI is InChI=1S/C26H24F3N3O7S/c1-2-38-21-12-16(6-8-20(21)39-19-9-7-17(26(27,28)29)14-18(19)32(36)37)13-22-24(34)31(25(35)40-22)15-23(33)30-10-4-3-5-11-30/h6-9,12-14H,2-5,10-11,15H2,1H3/b22-13+. The van der Waals surface area contributed by atoms with Gasteiger partial charge < -0.3 is 14.4 Å². The summed E-state index contributed by atoms with van der Waals surface area (Å²) in [5, 5.41) is 10.9. The van der Waals surface area contributed by atoms with Crippen LogP contribution in [0.3, 0.4) is 0 Å². The first kappa shape index (κ1) is 28.9. The zero-order chi connectivity index (χ0) is 29.0. The average Bonchev–Trinajstić information content (AvgIpc) is 3.17. The van der Waals surface area contributed by atoms with Crippen LogP contribution in [0.1, 0.15) is 37.3 Å². The molecular formula is C26H24F3N3O7S. The van der Waals surface area contributed by atoms with E-state index in [4.69, 9.17) is 9.47 Å². The second kappa shape index (κ2) is 12.0. The SMILES string of the molecule is CCOc1cc(/C=C2/SC(=O)N(CC(=O)N3CCCCC3)C2=O)ccc1Oc1ccc(C(F)(F)F)cc1[N+](=O)[O-]. The molecule has 0 radical (unpaired) electrons. The molecule has 2 aliphatic heterocycles. The van der Waals surface area contributed by atoms with Gasteiger partial charge in [-0.05, 0) is 73.9 Å². The Morgan fingerprint density at radius 3 is 2.42 bits per heavy atom. The zero-order valence-electron chi connectivity index (χ0n) is 21.2. The van der Waals surface area contributed by atoms with Crippen LogP contribution in [0.2, 0.25) is 0 Å². The van der Waals surface area contributed by atoms with Crippen LogP contribution in [0.5, 0.6) is 17.2 Å². The number of carbonyl (C=O) groups is 3. The maximum Gasteiger partial charge on any atom is 0.416 e. The van der Waals surface area contributed by atoms with E-state index in [1.54, 1.807) is 11.8 Å². The Morgan fingerprint density at radius 2 is 1.77 bits per heavy atom. The van der Waals surface area contributed by atoms with Crippen LogP contribution in [-0.4, -0.2) is 58.0 Å². The van der Waals surface area contributed by atoms with Crippen LogP contribution in [0.15, 0.2) is 41.3 Å². The molecule has 3 amide bonds. The molecule has 40 heavy (non-hydrogen) atoms. The topological polar surface area (TPSA) is 119 Å². The Bertz CT molecular complexity index is 1370. The quantitative estimate of drug-likeness (QED) is 0.217. The van der Waals surface area contributed by atoms with Gasteiger partial charge in [0.25, 0.3) is 11.1 Å². The highest BCUT2D eigenvalue weighted by atomic mass is 32.2. The van der Waals surface area contributed by atoms with Crippen LogP contribution in [-0.2, 0) is 15.8 Å². The Morgan fingerprint density at radius 1 is 1.07 bits per heavy atom. The lowest BCUT2D eigenvalue weighted by Crippen LogP contribution is -2.44. The largest absolute Gasteiger partial charge is 0.490 e. The van der Waals surface area contributed by atoms with Crippen LogP contribution in [0, 0.1) is 10.1 Å². The molecule has 0 aromatic heterocycles. The first-order valence-electron chi connectivity index (χ1n) is 12.3. The Balaban J connectivity index is 1.55. The third-order valence-corrected chi connectivity index (χ3v) is 7.05. The van der Waals surface area contributed by atoms with Crippen LogP contribution in [0.25, 0.3) is 6.08 Å². The van der Waals surface area contributed by atoms with Crippen molar-refractivity contribution in [1.29, 1.82) is 0 Å². The molecule has 0 bridgehead atoms. The van der Waals surface area contributed by atoms with Crippen molar-refractivity contribution >= 4 is 40.6 Å². The molecule has 2 aliphatic rings. The summed E-state index contributed by atoms with van der Waals surface area (Å²) in [6.07, 6.45) is -0.558. The summed E-state index contributed by atoms with van der Waals surface area (Å²) in [5.74, 6) is -1.24. The highest BCUT2D eigenvalue weighted by Crippen LogP contribution is 2.41. The number of carbonyl (C=O) groups excluding carboxylic acids is 3. The van der Waals surface area contributed by atoms with E-state index < -0.39 is 39.2 Å². The Kier molecular flexibility index (Phi) is 8.67. The maximum absolute atomic E-state index is 13.0. The fourth-order valence-electron chi connectivity index (χ4n) is 4.17. The van der Waals surface area contributed by atoms with Gasteiger partial charge in [0.15, 0.2) is 11.5 Å². The van der Waals surface area contributed by atoms with Crippen molar-refractivity contribution in [2.24, 2.45) is 0 Å². The van der Waals surface area contributed by atoms with E-state index in [1.165, 1.54) is 24.3 Å². The van der Waals surface area contributed by atoms with Crippen LogP contribution < -0.4 is 9.47 Å². The van der Waals surface area contributed by atoms with Gasteiger partial charge in [0, 0.05) is 19.2 Å². The monoisotopic (exact) mass is 579 g/mol. The van der Waals surface area contributed by atoms with Gasteiger partial charge >= 0.3 is 11.9 Å². The van der Waals surface area contributed by atoms with Gasteiger partial charge in [0.1, 0.15) is 6.54 Å². The molecule has 2 saturated heterocycles. The van der Waals surface area contributed by atoms with E-state index in [2.05, 4.69) is 0 Å². The molecule has 0 unspecified atom stereocenters. The second-order valence-electron chi connectivity index (χ2n) is 8.89. The molecule has 0 saturated carbocycles. The van der Waals surface area contributed by atoms with Gasteiger partial charge in [0.05, 0.1) is 22.0 Å². The van der Waals surface area contributed by atoms with Crippen molar-refractivity contribution in [3.05, 3.63) is 62.5 Å². The van der Waals surface area contributed by atoms with Crippen LogP contribution in [0.4, 0.5) is 23.7 Å². The molecular weight excluding hydrogens is 555 g/mol. The summed E-state index contributed by atoms with van der Waals surface area (Å²) in [6.45, 7) is 2.67. The lowest BCUT2D eigenvalue weighted by atomic mass is 10.1. The number of nitrogens with zero attached hydrogens (tertiary/aromatic N) is 3. The molecule has 10 nitrogen and oxygen atoms in total. The number of hydrogen-bond donors (Lipinski definition) is 0. The van der Waals surface area contributed by atoms with Crippen molar-refractivity contribution < 1.29 is 42.0 Å². The van der Waals surface area contributed by atoms with Gasteiger partial charge in [-0.15, -0.1) is 0 Å². The molecule has 0 spiro atoms.